The second-order valence-electron chi connectivity index (χ2n) is 4.90. The van der Waals surface area contributed by atoms with Crippen LogP contribution in [-0.2, 0) is 22.7 Å². The van der Waals surface area contributed by atoms with E-state index in [-0.39, 0.29) is 24.5 Å². The molecular formula is C13H18N2O7. The fraction of sp³-hybridized carbons (Fsp3) is 0.462. The maximum Gasteiger partial charge on any atom is 0.326 e. The fourth-order valence-corrected chi connectivity index (χ4v) is 2.13. The van der Waals surface area contributed by atoms with E-state index in [1.54, 1.807) is 0 Å². The number of aromatic hydroxyl groups is 1. The summed E-state index contributed by atoms with van der Waals surface area (Å²) in [5, 5.41) is 37.2. The molecule has 0 aliphatic heterocycles. The van der Waals surface area contributed by atoms with E-state index in [4.69, 9.17) is 10.2 Å². The highest BCUT2D eigenvalue weighted by atomic mass is 16.4. The van der Waals surface area contributed by atoms with Crippen LogP contribution in [0.1, 0.15) is 24.4 Å². The van der Waals surface area contributed by atoms with E-state index in [0.29, 0.717) is 0 Å². The molecule has 0 amide bonds. The zero-order chi connectivity index (χ0) is 17.0. The lowest BCUT2D eigenvalue weighted by Gasteiger charge is -2.24. The molecule has 0 fully saturated rings. The number of pyridine rings is 1. The molecule has 1 heterocycles. The van der Waals surface area contributed by atoms with E-state index < -0.39 is 35.8 Å². The number of aliphatic hydroxyl groups is 1. The molecule has 0 saturated carbocycles. The molecule has 0 aliphatic carbocycles. The molecule has 1 atom stereocenters. The van der Waals surface area contributed by atoms with Crippen LogP contribution >= 0.6 is 0 Å². The average molecular weight is 314 g/mol. The van der Waals surface area contributed by atoms with Gasteiger partial charge in [0.1, 0.15) is 6.04 Å². The van der Waals surface area contributed by atoms with Crippen molar-refractivity contribution in [3.8, 4) is 5.75 Å². The summed E-state index contributed by atoms with van der Waals surface area (Å²) in [6.07, 6.45) is 0. The van der Waals surface area contributed by atoms with Crippen LogP contribution in [-0.4, -0.2) is 55.4 Å². The van der Waals surface area contributed by atoms with Crippen molar-refractivity contribution in [1.82, 2.24) is 9.47 Å². The molecule has 122 valence electrons. The first-order valence-electron chi connectivity index (χ1n) is 6.39. The molecule has 0 bridgehead atoms. The van der Waals surface area contributed by atoms with Gasteiger partial charge in [0.25, 0.3) is 0 Å². The van der Waals surface area contributed by atoms with E-state index in [9.17, 15) is 24.6 Å². The Balaban J connectivity index is 3.44. The molecule has 1 aromatic rings. The van der Waals surface area contributed by atoms with Crippen LogP contribution in [0, 0.1) is 0 Å². The lowest BCUT2D eigenvalue weighted by Crippen LogP contribution is -2.31. The summed E-state index contributed by atoms with van der Waals surface area (Å²) in [4.78, 5) is 34.9. The van der Waals surface area contributed by atoms with Crippen LogP contribution in [0.15, 0.2) is 10.9 Å². The number of likely N-dealkylation sites (N-methyl/N-ethyl adjacent to an activating group) is 1. The number of carbonyl (C=O) groups is 2. The van der Waals surface area contributed by atoms with Gasteiger partial charge in [0.2, 0.25) is 5.43 Å². The van der Waals surface area contributed by atoms with Crippen LogP contribution in [0.25, 0.3) is 0 Å². The lowest BCUT2D eigenvalue weighted by molar-refractivity contribution is -0.141. The number of aliphatic hydroxyl groups excluding tert-OH is 1. The summed E-state index contributed by atoms with van der Waals surface area (Å²) < 4.78 is 1.12. The minimum atomic E-state index is -1.22. The minimum absolute atomic E-state index is 0.0245. The Labute approximate surface area is 125 Å². The SMILES string of the molecule is CC(C(=O)O)n1c(CO)cc(=O)c(O)c1CN(C)CC(=O)O. The highest BCUT2D eigenvalue weighted by Crippen LogP contribution is 2.22. The molecule has 0 aromatic carbocycles. The van der Waals surface area contributed by atoms with Crippen LogP contribution in [0.4, 0.5) is 0 Å². The smallest absolute Gasteiger partial charge is 0.326 e. The van der Waals surface area contributed by atoms with Crippen molar-refractivity contribution in [2.75, 3.05) is 13.6 Å². The van der Waals surface area contributed by atoms with Crippen molar-refractivity contribution in [2.24, 2.45) is 0 Å². The first-order valence-corrected chi connectivity index (χ1v) is 6.39. The third-order valence-corrected chi connectivity index (χ3v) is 3.14. The molecule has 1 aromatic heterocycles. The Morgan fingerprint density at radius 3 is 2.41 bits per heavy atom. The van der Waals surface area contributed by atoms with Crippen molar-refractivity contribution in [3.63, 3.8) is 0 Å². The van der Waals surface area contributed by atoms with Gasteiger partial charge in [0.15, 0.2) is 5.75 Å². The Morgan fingerprint density at radius 1 is 1.36 bits per heavy atom. The number of hydrogen-bond donors (Lipinski definition) is 4. The molecule has 1 rings (SSSR count). The summed E-state index contributed by atoms with van der Waals surface area (Å²) in [5.41, 5.74) is -0.803. The number of carboxylic acid groups (broad SMARTS) is 2. The summed E-state index contributed by atoms with van der Waals surface area (Å²) in [7, 11) is 1.44. The number of rotatable bonds is 7. The Morgan fingerprint density at radius 2 is 1.95 bits per heavy atom. The molecule has 0 spiro atoms. The normalized spacial score (nSPS) is 12.4. The van der Waals surface area contributed by atoms with Gasteiger partial charge in [0, 0.05) is 18.3 Å². The summed E-state index contributed by atoms with van der Waals surface area (Å²) in [6, 6.07) is -0.197. The van der Waals surface area contributed by atoms with E-state index in [0.717, 1.165) is 10.6 Å². The maximum atomic E-state index is 11.7. The van der Waals surface area contributed by atoms with Gasteiger partial charge in [-0.2, -0.15) is 0 Å². The van der Waals surface area contributed by atoms with E-state index in [2.05, 4.69) is 0 Å². The van der Waals surface area contributed by atoms with Gasteiger partial charge in [0.05, 0.1) is 18.8 Å². The van der Waals surface area contributed by atoms with E-state index in [1.807, 2.05) is 0 Å². The van der Waals surface area contributed by atoms with Gasteiger partial charge in [-0.3, -0.25) is 14.5 Å². The van der Waals surface area contributed by atoms with Gasteiger partial charge in [-0.15, -0.1) is 0 Å². The van der Waals surface area contributed by atoms with Crippen LogP contribution in [0.5, 0.6) is 5.75 Å². The number of hydrogen-bond acceptors (Lipinski definition) is 6. The van der Waals surface area contributed by atoms with Crippen LogP contribution in [0.2, 0.25) is 0 Å². The molecule has 22 heavy (non-hydrogen) atoms. The molecule has 9 heteroatoms. The first-order chi connectivity index (χ1) is 10.2. The third-order valence-electron chi connectivity index (χ3n) is 3.14. The highest BCUT2D eigenvalue weighted by molar-refractivity contribution is 5.72. The van der Waals surface area contributed by atoms with E-state index >= 15 is 0 Å². The summed E-state index contributed by atoms with van der Waals surface area (Å²) in [6.45, 7) is 0.201. The van der Waals surface area contributed by atoms with Gasteiger partial charge in [-0.05, 0) is 14.0 Å². The van der Waals surface area contributed by atoms with E-state index in [1.165, 1.54) is 18.9 Å². The minimum Gasteiger partial charge on any atom is -0.503 e. The van der Waals surface area contributed by atoms with Gasteiger partial charge in [-0.1, -0.05) is 0 Å². The summed E-state index contributed by atoms with van der Waals surface area (Å²) in [5.74, 6) is -3.00. The highest BCUT2D eigenvalue weighted by Gasteiger charge is 2.24. The zero-order valence-electron chi connectivity index (χ0n) is 12.2. The van der Waals surface area contributed by atoms with Crippen molar-refractivity contribution in [3.05, 3.63) is 27.7 Å². The second kappa shape index (κ2) is 7.05. The first kappa shape index (κ1) is 17.7. The second-order valence-corrected chi connectivity index (χ2v) is 4.90. The summed E-state index contributed by atoms with van der Waals surface area (Å²) >= 11 is 0. The number of aliphatic carboxylic acids is 2. The van der Waals surface area contributed by atoms with Crippen molar-refractivity contribution < 1.29 is 30.0 Å². The molecule has 9 nitrogen and oxygen atoms in total. The number of nitrogens with zero attached hydrogens (tertiary/aromatic N) is 2. The number of carboxylic acids is 2. The Hall–Kier alpha value is -2.39. The molecule has 4 N–H and O–H groups in total. The number of aromatic nitrogens is 1. The van der Waals surface area contributed by atoms with Crippen molar-refractivity contribution in [1.29, 1.82) is 0 Å². The predicted molar refractivity (Wildman–Crippen MR) is 74.6 cm³/mol. The third kappa shape index (κ3) is 3.83. The standard InChI is InChI=1S/C13H18N2O7/c1-7(13(21)22)15-8(6-16)3-10(17)12(20)9(15)4-14(2)5-11(18)19/h3,7,16,20H,4-6H2,1-2H3,(H,18,19)(H,21,22). The quantitative estimate of drug-likeness (QED) is 0.513. The predicted octanol–water partition coefficient (Wildman–Crippen LogP) is -0.792. The van der Waals surface area contributed by atoms with Crippen molar-refractivity contribution in [2.45, 2.75) is 26.1 Å². The molecule has 1 unspecified atom stereocenters. The van der Waals surface area contributed by atoms with Crippen LogP contribution < -0.4 is 5.43 Å². The average Bonchev–Trinajstić information content (AvgIpc) is 2.41. The Kier molecular flexibility index (Phi) is 5.66. The maximum absolute atomic E-state index is 11.7. The largest absolute Gasteiger partial charge is 0.503 e. The molecule has 0 saturated heterocycles. The van der Waals surface area contributed by atoms with Crippen molar-refractivity contribution >= 4 is 11.9 Å². The van der Waals surface area contributed by atoms with Gasteiger partial charge in [-0.25, -0.2) is 4.79 Å². The van der Waals surface area contributed by atoms with Gasteiger partial charge < -0.3 is 25.0 Å². The zero-order valence-corrected chi connectivity index (χ0v) is 12.2. The lowest BCUT2D eigenvalue weighted by atomic mass is 10.2. The van der Waals surface area contributed by atoms with Crippen LogP contribution in [0.3, 0.4) is 0 Å². The molecular weight excluding hydrogens is 296 g/mol. The topological polar surface area (TPSA) is 140 Å². The van der Waals surface area contributed by atoms with Gasteiger partial charge >= 0.3 is 11.9 Å². The fourth-order valence-electron chi connectivity index (χ4n) is 2.13. The molecule has 0 radical (unpaired) electrons. The monoisotopic (exact) mass is 314 g/mol. The molecule has 0 aliphatic rings. The Bertz CT molecular complexity index is 638.